The molecule has 3 atom stereocenters. The second kappa shape index (κ2) is 7.18. The Balaban J connectivity index is 1.33. The second-order valence-electron chi connectivity index (χ2n) is 8.86. The van der Waals surface area contributed by atoms with Crippen molar-refractivity contribution in [3.8, 4) is 11.5 Å². The highest BCUT2D eigenvalue weighted by Crippen LogP contribution is 2.38. The monoisotopic (exact) mass is 413 g/mol. The van der Waals surface area contributed by atoms with Gasteiger partial charge in [-0.25, -0.2) is 4.79 Å². The van der Waals surface area contributed by atoms with Gasteiger partial charge in [-0.15, -0.1) is 0 Å². The van der Waals surface area contributed by atoms with Gasteiger partial charge in [0.2, 0.25) is 12.7 Å². The van der Waals surface area contributed by atoms with Gasteiger partial charge in [-0.1, -0.05) is 18.9 Å². The molecule has 3 aliphatic heterocycles. The molecule has 8 heteroatoms. The van der Waals surface area contributed by atoms with Gasteiger partial charge in [-0.2, -0.15) is 0 Å². The van der Waals surface area contributed by atoms with Crippen molar-refractivity contribution >= 4 is 17.8 Å². The summed E-state index contributed by atoms with van der Waals surface area (Å²) < 4.78 is 10.7. The number of benzene rings is 1. The molecule has 1 aromatic rings. The lowest BCUT2D eigenvalue weighted by molar-refractivity contribution is -0.142. The molecule has 0 unspecified atom stereocenters. The van der Waals surface area contributed by atoms with Crippen molar-refractivity contribution in [2.24, 2.45) is 5.92 Å². The summed E-state index contributed by atoms with van der Waals surface area (Å²) in [4.78, 5) is 42.0. The third-order valence-corrected chi connectivity index (χ3v) is 7.08. The smallest absolute Gasteiger partial charge is 0.325 e. The number of amides is 4. The van der Waals surface area contributed by atoms with E-state index in [2.05, 4.69) is 5.32 Å². The average Bonchev–Trinajstić information content (AvgIpc) is 3.31. The number of ether oxygens (including phenoxy) is 2. The van der Waals surface area contributed by atoms with Crippen molar-refractivity contribution in [2.75, 3.05) is 19.9 Å². The molecule has 4 amide bonds. The Hall–Kier alpha value is -2.77. The zero-order chi connectivity index (χ0) is 20.9. The highest BCUT2D eigenvalue weighted by Gasteiger charge is 2.50. The van der Waals surface area contributed by atoms with Gasteiger partial charge < -0.3 is 19.7 Å². The summed E-state index contributed by atoms with van der Waals surface area (Å²) >= 11 is 0. The molecule has 1 aliphatic carbocycles. The molecule has 160 valence electrons. The molecule has 0 radical (unpaired) electrons. The number of carbonyl (C=O) groups excluding carboxylic acids is 3. The Morgan fingerprint density at radius 2 is 1.90 bits per heavy atom. The second-order valence-corrected chi connectivity index (χ2v) is 8.86. The zero-order valence-electron chi connectivity index (χ0n) is 17.2. The molecular weight excluding hydrogens is 386 g/mol. The SMILES string of the molecule is C[C@]1(c2ccc3c(c2)OCO3)NC(=O)N(CC(=O)N2CCC[C@H]3CCCC[C@@H]32)C1=O. The Morgan fingerprint density at radius 1 is 1.13 bits per heavy atom. The van der Waals surface area contributed by atoms with E-state index in [4.69, 9.17) is 9.47 Å². The normalized spacial score (nSPS) is 30.3. The van der Waals surface area contributed by atoms with Crippen LogP contribution in [0.3, 0.4) is 0 Å². The third-order valence-electron chi connectivity index (χ3n) is 7.08. The molecule has 8 nitrogen and oxygen atoms in total. The summed E-state index contributed by atoms with van der Waals surface area (Å²) in [5.41, 5.74) is -0.640. The van der Waals surface area contributed by atoms with E-state index < -0.39 is 17.5 Å². The van der Waals surface area contributed by atoms with Gasteiger partial charge in [0.15, 0.2) is 11.5 Å². The maximum atomic E-state index is 13.2. The predicted octanol–water partition coefficient (Wildman–Crippen LogP) is 2.36. The number of likely N-dealkylation sites (tertiary alicyclic amines) is 1. The van der Waals surface area contributed by atoms with Crippen molar-refractivity contribution < 1.29 is 23.9 Å². The van der Waals surface area contributed by atoms with E-state index in [-0.39, 0.29) is 25.3 Å². The van der Waals surface area contributed by atoms with E-state index in [1.807, 2.05) is 4.90 Å². The maximum absolute atomic E-state index is 13.2. The molecule has 0 spiro atoms. The van der Waals surface area contributed by atoms with Gasteiger partial charge in [0.1, 0.15) is 12.1 Å². The molecule has 1 N–H and O–H groups in total. The van der Waals surface area contributed by atoms with Gasteiger partial charge in [-0.3, -0.25) is 14.5 Å². The fraction of sp³-hybridized carbons (Fsp3) is 0.591. The van der Waals surface area contributed by atoms with E-state index in [1.165, 1.54) is 19.3 Å². The minimum Gasteiger partial charge on any atom is -0.454 e. The van der Waals surface area contributed by atoms with E-state index in [0.29, 0.717) is 29.5 Å². The van der Waals surface area contributed by atoms with Crippen molar-refractivity contribution in [3.05, 3.63) is 23.8 Å². The molecule has 2 saturated heterocycles. The Morgan fingerprint density at radius 3 is 2.77 bits per heavy atom. The molecule has 3 heterocycles. The largest absolute Gasteiger partial charge is 0.454 e. The first-order valence-electron chi connectivity index (χ1n) is 10.8. The molecule has 0 bridgehead atoms. The van der Waals surface area contributed by atoms with E-state index in [0.717, 1.165) is 24.2 Å². The number of hydrogen-bond acceptors (Lipinski definition) is 5. The topological polar surface area (TPSA) is 88.2 Å². The van der Waals surface area contributed by atoms with Crippen molar-refractivity contribution in [3.63, 3.8) is 0 Å². The van der Waals surface area contributed by atoms with E-state index in [9.17, 15) is 14.4 Å². The quantitative estimate of drug-likeness (QED) is 0.769. The lowest BCUT2D eigenvalue weighted by Crippen LogP contribution is -2.53. The van der Waals surface area contributed by atoms with Gasteiger partial charge in [-0.05, 0) is 56.2 Å². The van der Waals surface area contributed by atoms with Crippen LogP contribution < -0.4 is 14.8 Å². The summed E-state index contributed by atoms with van der Waals surface area (Å²) in [5.74, 6) is 1.15. The molecule has 1 aromatic carbocycles. The molecule has 30 heavy (non-hydrogen) atoms. The number of hydrogen-bond donors (Lipinski definition) is 1. The van der Waals surface area contributed by atoms with Gasteiger partial charge in [0.25, 0.3) is 5.91 Å². The maximum Gasteiger partial charge on any atom is 0.325 e. The predicted molar refractivity (Wildman–Crippen MR) is 107 cm³/mol. The summed E-state index contributed by atoms with van der Waals surface area (Å²) in [6.07, 6.45) is 6.70. The van der Waals surface area contributed by atoms with E-state index >= 15 is 0 Å². The lowest BCUT2D eigenvalue weighted by Gasteiger charge is -2.44. The van der Waals surface area contributed by atoms with E-state index in [1.54, 1.807) is 25.1 Å². The molecule has 0 aromatic heterocycles. The number of nitrogens with one attached hydrogen (secondary N) is 1. The number of urea groups is 1. The first-order chi connectivity index (χ1) is 14.5. The summed E-state index contributed by atoms with van der Waals surface area (Å²) in [7, 11) is 0. The number of nitrogens with zero attached hydrogens (tertiary/aromatic N) is 2. The number of fused-ring (bicyclic) bond motifs is 2. The minimum absolute atomic E-state index is 0.133. The summed E-state index contributed by atoms with van der Waals surface area (Å²) in [5, 5.41) is 2.77. The van der Waals surface area contributed by atoms with Crippen LogP contribution >= 0.6 is 0 Å². The number of piperidine rings is 1. The van der Waals surface area contributed by atoms with Crippen LogP contribution in [0.2, 0.25) is 0 Å². The lowest BCUT2D eigenvalue weighted by atomic mass is 9.78. The molecule has 3 fully saturated rings. The van der Waals surface area contributed by atoms with Crippen LogP contribution in [0.25, 0.3) is 0 Å². The Kier molecular flexibility index (Phi) is 4.60. The van der Waals surface area contributed by atoms with Crippen molar-refractivity contribution in [2.45, 2.75) is 57.0 Å². The van der Waals surface area contributed by atoms with Gasteiger partial charge >= 0.3 is 6.03 Å². The molecule has 4 aliphatic rings. The van der Waals surface area contributed by atoms with Gasteiger partial charge in [0, 0.05) is 12.6 Å². The van der Waals surface area contributed by atoms with Crippen molar-refractivity contribution in [1.29, 1.82) is 0 Å². The highest BCUT2D eigenvalue weighted by atomic mass is 16.7. The first-order valence-corrected chi connectivity index (χ1v) is 10.8. The standard InChI is InChI=1S/C22H27N3O5/c1-22(15-8-9-17-18(11-15)30-13-29-17)20(27)25(21(28)23-22)12-19(26)24-10-4-6-14-5-2-3-7-16(14)24/h8-9,11,14,16H,2-7,10,12-13H2,1H3,(H,23,28)/t14-,16+,22-/m1/s1. The average molecular weight is 413 g/mol. The Bertz CT molecular complexity index is 901. The number of carbonyl (C=O) groups is 3. The van der Waals surface area contributed by atoms with Crippen molar-refractivity contribution in [1.82, 2.24) is 15.1 Å². The summed E-state index contributed by atoms with van der Waals surface area (Å²) in [6.45, 7) is 2.29. The minimum atomic E-state index is -1.24. The third kappa shape index (κ3) is 3.00. The van der Waals surface area contributed by atoms with Crippen LogP contribution in [0.1, 0.15) is 51.0 Å². The molecular formula is C22H27N3O5. The highest BCUT2D eigenvalue weighted by molar-refractivity contribution is 6.09. The molecule has 5 rings (SSSR count). The Labute approximate surface area is 175 Å². The van der Waals surface area contributed by atoms with Crippen LogP contribution in [-0.4, -0.2) is 53.6 Å². The number of rotatable bonds is 3. The molecule has 1 saturated carbocycles. The van der Waals surface area contributed by atoms with Crippen LogP contribution in [-0.2, 0) is 15.1 Å². The van der Waals surface area contributed by atoms with Crippen LogP contribution in [0.5, 0.6) is 11.5 Å². The fourth-order valence-electron chi connectivity index (χ4n) is 5.40. The fourth-order valence-corrected chi connectivity index (χ4v) is 5.40. The van der Waals surface area contributed by atoms with Gasteiger partial charge in [0.05, 0.1) is 0 Å². The summed E-state index contributed by atoms with van der Waals surface area (Å²) in [6, 6.07) is 4.90. The zero-order valence-corrected chi connectivity index (χ0v) is 17.2. The first kappa shape index (κ1) is 19.2. The van der Waals surface area contributed by atoms with Crippen LogP contribution in [0.15, 0.2) is 18.2 Å². The van der Waals surface area contributed by atoms with Crippen LogP contribution in [0, 0.1) is 5.92 Å². The number of imide groups is 1. The van der Waals surface area contributed by atoms with Crippen LogP contribution in [0.4, 0.5) is 4.79 Å².